The van der Waals surface area contributed by atoms with Gasteiger partial charge in [-0.15, -0.1) is 0 Å². The summed E-state index contributed by atoms with van der Waals surface area (Å²) < 4.78 is 28.9. The largest absolute Gasteiger partial charge is 0.439 e. The molecule has 0 aliphatic carbocycles. The number of rotatable bonds is 5. The molecule has 0 spiro atoms. The van der Waals surface area contributed by atoms with Crippen molar-refractivity contribution in [2.45, 2.75) is 24.2 Å². The van der Waals surface area contributed by atoms with Crippen LogP contribution in [0.3, 0.4) is 0 Å². The Labute approximate surface area is 185 Å². The number of aromatic nitrogens is 1. The Morgan fingerprint density at radius 3 is 2.55 bits per heavy atom. The number of carbonyl (C=O) groups excluding carboxylic acids is 1. The molecule has 1 amide bonds. The van der Waals surface area contributed by atoms with Gasteiger partial charge in [0.25, 0.3) is 0 Å². The van der Waals surface area contributed by atoms with Crippen LogP contribution in [0.4, 0.5) is 5.69 Å². The van der Waals surface area contributed by atoms with E-state index >= 15 is 0 Å². The van der Waals surface area contributed by atoms with Crippen molar-refractivity contribution in [3.05, 3.63) is 76.9 Å². The fourth-order valence-corrected chi connectivity index (χ4v) is 4.28. The van der Waals surface area contributed by atoms with Gasteiger partial charge in [-0.2, -0.15) is 0 Å². The molecular formula is C22H20ClN3O4S. The standard InChI is InChI=1S/C22H20ClN3O4S/c1-14-3-2-4-21(25-14)30-20-12-16(23)5-10-19(20)15-11-22(27)26(13-15)17-6-8-18(9-7-17)31(24,28)29/h2-10,12,15H,11,13H2,1H3,(H2,24,28,29)/t15-/m0/s1. The number of sulfonamides is 1. The van der Waals surface area contributed by atoms with Crippen LogP contribution < -0.4 is 14.8 Å². The quantitative estimate of drug-likeness (QED) is 0.623. The minimum atomic E-state index is -3.79. The van der Waals surface area contributed by atoms with Crippen LogP contribution in [-0.2, 0) is 14.8 Å². The van der Waals surface area contributed by atoms with Crippen LogP contribution in [0.5, 0.6) is 11.6 Å². The molecule has 9 heteroatoms. The summed E-state index contributed by atoms with van der Waals surface area (Å²) in [5, 5.41) is 5.67. The second kappa shape index (κ2) is 8.30. The van der Waals surface area contributed by atoms with E-state index < -0.39 is 10.0 Å². The number of nitrogens with two attached hydrogens (primary N) is 1. The van der Waals surface area contributed by atoms with E-state index in [-0.39, 0.29) is 23.1 Å². The lowest BCUT2D eigenvalue weighted by atomic mass is 9.97. The lowest BCUT2D eigenvalue weighted by Crippen LogP contribution is -2.24. The van der Waals surface area contributed by atoms with Gasteiger partial charge in [-0.05, 0) is 49.4 Å². The molecule has 2 N–H and O–H groups in total. The maximum Gasteiger partial charge on any atom is 0.238 e. The molecule has 2 heterocycles. The number of primary sulfonamides is 1. The molecule has 1 atom stereocenters. The number of carbonyl (C=O) groups is 1. The molecule has 2 aromatic carbocycles. The summed E-state index contributed by atoms with van der Waals surface area (Å²) >= 11 is 6.19. The molecule has 0 radical (unpaired) electrons. The maximum atomic E-state index is 12.7. The molecule has 1 fully saturated rings. The number of amides is 1. The van der Waals surface area contributed by atoms with Gasteiger partial charge in [0.15, 0.2) is 0 Å². The van der Waals surface area contributed by atoms with Crippen LogP contribution in [0.2, 0.25) is 5.02 Å². The van der Waals surface area contributed by atoms with E-state index in [1.807, 2.05) is 25.1 Å². The van der Waals surface area contributed by atoms with Crippen molar-refractivity contribution >= 4 is 33.2 Å². The molecule has 1 aliphatic heterocycles. The maximum absolute atomic E-state index is 12.7. The summed E-state index contributed by atoms with van der Waals surface area (Å²) in [7, 11) is -3.79. The number of hydrogen-bond acceptors (Lipinski definition) is 5. The minimum Gasteiger partial charge on any atom is -0.439 e. The van der Waals surface area contributed by atoms with Crippen LogP contribution in [0, 0.1) is 6.92 Å². The Hall–Kier alpha value is -2.94. The molecule has 31 heavy (non-hydrogen) atoms. The number of nitrogens with zero attached hydrogens (tertiary/aromatic N) is 2. The normalized spacial score (nSPS) is 16.5. The Kier molecular flexibility index (Phi) is 5.70. The van der Waals surface area contributed by atoms with E-state index in [1.165, 1.54) is 12.1 Å². The number of anilines is 1. The van der Waals surface area contributed by atoms with Gasteiger partial charge in [0, 0.05) is 46.9 Å². The zero-order valence-electron chi connectivity index (χ0n) is 16.7. The summed E-state index contributed by atoms with van der Waals surface area (Å²) in [4.78, 5) is 18.7. The van der Waals surface area contributed by atoms with Crippen molar-refractivity contribution in [2.75, 3.05) is 11.4 Å². The summed E-state index contributed by atoms with van der Waals surface area (Å²) in [6.45, 7) is 2.30. The van der Waals surface area contributed by atoms with Gasteiger partial charge in [0.2, 0.25) is 21.8 Å². The smallest absolute Gasteiger partial charge is 0.238 e. The summed E-state index contributed by atoms with van der Waals surface area (Å²) in [5.41, 5.74) is 2.28. The molecule has 3 aromatic rings. The van der Waals surface area contributed by atoms with E-state index in [1.54, 1.807) is 35.2 Å². The zero-order valence-corrected chi connectivity index (χ0v) is 18.2. The third kappa shape index (κ3) is 4.71. The van der Waals surface area contributed by atoms with E-state index in [0.29, 0.717) is 28.9 Å². The van der Waals surface area contributed by atoms with E-state index in [0.717, 1.165) is 11.3 Å². The van der Waals surface area contributed by atoms with Crippen molar-refractivity contribution < 1.29 is 17.9 Å². The van der Waals surface area contributed by atoms with Gasteiger partial charge in [0.05, 0.1) is 4.90 Å². The van der Waals surface area contributed by atoms with Crippen molar-refractivity contribution in [3.8, 4) is 11.6 Å². The molecule has 7 nitrogen and oxygen atoms in total. The van der Waals surface area contributed by atoms with Crippen LogP contribution in [0.25, 0.3) is 0 Å². The summed E-state index contributed by atoms with van der Waals surface area (Å²) in [5.74, 6) is 0.809. The van der Waals surface area contributed by atoms with Gasteiger partial charge >= 0.3 is 0 Å². The highest BCUT2D eigenvalue weighted by Gasteiger charge is 2.33. The van der Waals surface area contributed by atoms with Gasteiger partial charge in [-0.25, -0.2) is 18.5 Å². The molecule has 4 rings (SSSR count). The number of pyridine rings is 1. The van der Waals surface area contributed by atoms with Crippen LogP contribution >= 0.6 is 11.6 Å². The molecule has 1 aliphatic rings. The van der Waals surface area contributed by atoms with Gasteiger partial charge in [-0.1, -0.05) is 23.7 Å². The Morgan fingerprint density at radius 1 is 1.13 bits per heavy atom. The minimum absolute atomic E-state index is 0.00140. The first-order valence-corrected chi connectivity index (χ1v) is 11.5. The first-order chi connectivity index (χ1) is 14.7. The van der Waals surface area contributed by atoms with Crippen molar-refractivity contribution in [3.63, 3.8) is 0 Å². The molecule has 0 unspecified atom stereocenters. The Morgan fingerprint density at radius 2 is 1.87 bits per heavy atom. The number of halogens is 1. The van der Waals surface area contributed by atoms with Crippen LogP contribution in [-0.4, -0.2) is 25.9 Å². The number of benzene rings is 2. The molecule has 1 aromatic heterocycles. The van der Waals surface area contributed by atoms with Gasteiger partial charge in [0.1, 0.15) is 5.75 Å². The molecule has 0 bridgehead atoms. The van der Waals surface area contributed by atoms with Crippen LogP contribution in [0.15, 0.2) is 65.6 Å². The highest BCUT2D eigenvalue weighted by Crippen LogP contribution is 2.39. The number of ether oxygens (including phenoxy) is 1. The molecule has 1 saturated heterocycles. The predicted octanol–water partition coefficient (Wildman–Crippen LogP) is 4.00. The third-order valence-corrected chi connectivity index (χ3v) is 6.26. The molecule has 0 saturated carbocycles. The van der Waals surface area contributed by atoms with E-state index in [2.05, 4.69) is 4.98 Å². The summed E-state index contributed by atoms with van der Waals surface area (Å²) in [6.07, 6.45) is 0.288. The fraction of sp³-hybridized carbons (Fsp3) is 0.182. The van der Waals surface area contributed by atoms with E-state index in [4.69, 9.17) is 21.5 Å². The predicted molar refractivity (Wildman–Crippen MR) is 118 cm³/mol. The lowest BCUT2D eigenvalue weighted by Gasteiger charge is -2.19. The van der Waals surface area contributed by atoms with Gasteiger partial charge in [-0.3, -0.25) is 4.79 Å². The van der Waals surface area contributed by atoms with Crippen molar-refractivity contribution in [1.29, 1.82) is 0 Å². The first kappa shape index (κ1) is 21.3. The molecule has 160 valence electrons. The van der Waals surface area contributed by atoms with Crippen LogP contribution in [0.1, 0.15) is 23.6 Å². The lowest BCUT2D eigenvalue weighted by molar-refractivity contribution is -0.117. The zero-order chi connectivity index (χ0) is 22.2. The highest BCUT2D eigenvalue weighted by atomic mass is 35.5. The Balaban J connectivity index is 1.60. The average Bonchev–Trinajstić information content (AvgIpc) is 3.09. The van der Waals surface area contributed by atoms with Crippen molar-refractivity contribution in [1.82, 2.24) is 4.98 Å². The SMILES string of the molecule is Cc1cccc(Oc2cc(Cl)ccc2[C@H]2CC(=O)N(c3ccc(S(N)(=O)=O)cc3)C2)n1. The molecular weight excluding hydrogens is 438 g/mol. The second-order valence-corrected chi connectivity index (χ2v) is 9.34. The number of hydrogen-bond donors (Lipinski definition) is 1. The second-order valence-electron chi connectivity index (χ2n) is 7.35. The fourth-order valence-electron chi connectivity index (χ4n) is 3.60. The average molecular weight is 458 g/mol. The first-order valence-electron chi connectivity index (χ1n) is 9.55. The summed E-state index contributed by atoms with van der Waals surface area (Å²) in [6, 6.07) is 16.8. The highest BCUT2D eigenvalue weighted by molar-refractivity contribution is 7.89. The topological polar surface area (TPSA) is 103 Å². The van der Waals surface area contributed by atoms with Crippen molar-refractivity contribution in [2.24, 2.45) is 5.14 Å². The Bertz CT molecular complexity index is 1250. The monoisotopic (exact) mass is 457 g/mol. The number of aryl methyl sites for hydroxylation is 1. The van der Waals surface area contributed by atoms with E-state index in [9.17, 15) is 13.2 Å². The third-order valence-electron chi connectivity index (χ3n) is 5.09. The van der Waals surface area contributed by atoms with Gasteiger partial charge < -0.3 is 9.64 Å².